The van der Waals surface area contributed by atoms with Gasteiger partial charge in [0.15, 0.2) is 9.84 Å². The van der Waals surface area contributed by atoms with Crippen molar-refractivity contribution < 1.29 is 17.9 Å². The third-order valence-corrected chi connectivity index (χ3v) is 6.32. The van der Waals surface area contributed by atoms with Crippen LogP contribution in [0.4, 0.5) is 0 Å². The minimum absolute atomic E-state index is 0.0913. The Bertz CT molecular complexity index is 888. The smallest absolute Gasteiger partial charge is 0.271 e. The van der Waals surface area contributed by atoms with Gasteiger partial charge in [-0.25, -0.2) is 8.42 Å². The lowest BCUT2D eigenvalue weighted by Gasteiger charge is -2.10. The van der Waals surface area contributed by atoms with Gasteiger partial charge < -0.3 is 10.1 Å². The van der Waals surface area contributed by atoms with Crippen LogP contribution in [-0.4, -0.2) is 49.3 Å². The number of carbonyl (C=O) groups excluding carboxylic acids is 1. The van der Waals surface area contributed by atoms with Gasteiger partial charge in [0.2, 0.25) is 0 Å². The molecule has 1 unspecified atom stereocenters. The molecule has 7 nitrogen and oxygen atoms in total. The van der Waals surface area contributed by atoms with Crippen LogP contribution in [-0.2, 0) is 16.3 Å². The Labute approximate surface area is 153 Å². The predicted molar refractivity (Wildman–Crippen MR) is 98.3 cm³/mol. The van der Waals surface area contributed by atoms with Crippen molar-refractivity contribution in [2.24, 2.45) is 0 Å². The molecule has 0 spiro atoms. The molecular weight excluding hydrogens is 354 g/mol. The van der Waals surface area contributed by atoms with Crippen molar-refractivity contribution in [3.63, 3.8) is 0 Å². The summed E-state index contributed by atoms with van der Waals surface area (Å²) in [4.78, 5) is 12.3. The molecule has 1 aliphatic rings. The molecule has 1 fully saturated rings. The third-order valence-electron chi connectivity index (χ3n) is 4.57. The van der Waals surface area contributed by atoms with Gasteiger partial charge in [-0.15, -0.1) is 0 Å². The molecule has 2 aromatic rings. The number of methoxy groups -OCH3 is 1. The summed E-state index contributed by atoms with van der Waals surface area (Å²) >= 11 is 0. The van der Waals surface area contributed by atoms with E-state index in [1.54, 1.807) is 17.9 Å². The van der Waals surface area contributed by atoms with Crippen LogP contribution < -0.4 is 10.1 Å². The van der Waals surface area contributed by atoms with Crippen LogP contribution in [0.3, 0.4) is 0 Å². The predicted octanol–water partition coefficient (Wildman–Crippen LogP) is 1.53. The summed E-state index contributed by atoms with van der Waals surface area (Å²) < 4.78 is 30.1. The number of carbonyl (C=O) groups is 1. The first kappa shape index (κ1) is 18.4. The van der Waals surface area contributed by atoms with Crippen molar-refractivity contribution in [3.8, 4) is 5.75 Å². The van der Waals surface area contributed by atoms with Crippen molar-refractivity contribution >= 4 is 15.7 Å². The molecule has 1 N–H and O–H groups in total. The van der Waals surface area contributed by atoms with Gasteiger partial charge in [-0.3, -0.25) is 9.48 Å². The number of nitrogens with one attached hydrogen (secondary N) is 1. The molecule has 3 rings (SSSR count). The molecular formula is C18H23N3O4S. The van der Waals surface area contributed by atoms with Crippen LogP contribution in [0, 0.1) is 6.92 Å². The lowest BCUT2D eigenvalue weighted by molar-refractivity contribution is 0.0948. The van der Waals surface area contributed by atoms with E-state index < -0.39 is 9.84 Å². The van der Waals surface area contributed by atoms with Crippen LogP contribution in [0.2, 0.25) is 0 Å². The van der Waals surface area contributed by atoms with Gasteiger partial charge in [-0.2, -0.15) is 5.10 Å². The number of nitrogens with zero attached hydrogens (tertiary/aromatic N) is 2. The Morgan fingerprint density at radius 2 is 2.08 bits per heavy atom. The fourth-order valence-corrected chi connectivity index (χ4v) is 4.83. The minimum atomic E-state index is -2.99. The third kappa shape index (κ3) is 4.24. The van der Waals surface area contributed by atoms with Crippen molar-refractivity contribution in [1.82, 2.24) is 15.1 Å². The molecule has 1 amide bonds. The molecule has 0 bridgehead atoms. The quantitative estimate of drug-likeness (QED) is 0.825. The Hall–Kier alpha value is -2.35. The van der Waals surface area contributed by atoms with Crippen molar-refractivity contribution in [2.45, 2.75) is 25.8 Å². The highest BCUT2D eigenvalue weighted by Crippen LogP contribution is 2.24. The van der Waals surface area contributed by atoms with E-state index in [1.165, 1.54) is 0 Å². The Morgan fingerprint density at radius 3 is 2.69 bits per heavy atom. The highest BCUT2D eigenvalue weighted by atomic mass is 32.2. The largest absolute Gasteiger partial charge is 0.497 e. The summed E-state index contributed by atoms with van der Waals surface area (Å²) in [5.74, 6) is 0.822. The topological polar surface area (TPSA) is 90.3 Å². The molecule has 2 heterocycles. The number of hydrogen-bond donors (Lipinski definition) is 1. The molecule has 140 valence electrons. The summed E-state index contributed by atoms with van der Waals surface area (Å²) in [6.07, 6.45) is 1.25. The van der Waals surface area contributed by atoms with Crippen LogP contribution in [0.1, 0.15) is 34.2 Å². The van der Waals surface area contributed by atoms with Gasteiger partial charge in [-0.1, -0.05) is 12.1 Å². The molecule has 0 saturated carbocycles. The van der Waals surface area contributed by atoms with Gasteiger partial charge >= 0.3 is 0 Å². The number of hydrogen-bond acceptors (Lipinski definition) is 5. The van der Waals surface area contributed by atoms with Crippen LogP contribution >= 0.6 is 0 Å². The Kier molecular flexibility index (Phi) is 5.31. The summed E-state index contributed by atoms with van der Waals surface area (Å²) in [5.41, 5.74) is 2.22. The Balaban J connectivity index is 1.57. The molecule has 1 aromatic carbocycles. The average molecular weight is 377 g/mol. The lowest BCUT2D eigenvalue weighted by atomic mass is 10.1. The number of aromatic nitrogens is 2. The van der Waals surface area contributed by atoms with E-state index in [4.69, 9.17) is 4.74 Å². The van der Waals surface area contributed by atoms with E-state index in [1.807, 2.05) is 31.2 Å². The van der Waals surface area contributed by atoms with Crippen molar-refractivity contribution in [2.75, 3.05) is 25.2 Å². The molecule has 26 heavy (non-hydrogen) atoms. The molecule has 1 aliphatic heterocycles. The van der Waals surface area contributed by atoms with E-state index >= 15 is 0 Å². The zero-order chi connectivity index (χ0) is 18.7. The lowest BCUT2D eigenvalue weighted by Crippen LogP contribution is -2.26. The number of aryl methyl sites for hydroxylation is 1. The van der Waals surface area contributed by atoms with E-state index in [9.17, 15) is 13.2 Å². The number of amides is 1. The molecule has 0 radical (unpaired) electrons. The first-order valence-electron chi connectivity index (χ1n) is 8.55. The monoisotopic (exact) mass is 377 g/mol. The molecule has 1 saturated heterocycles. The van der Waals surface area contributed by atoms with Crippen molar-refractivity contribution in [3.05, 3.63) is 47.3 Å². The number of rotatable bonds is 6. The maximum absolute atomic E-state index is 12.3. The number of ether oxygens (including phenoxy) is 1. The summed E-state index contributed by atoms with van der Waals surface area (Å²) in [6.45, 7) is 2.33. The zero-order valence-corrected chi connectivity index (χ0v) is 15.8. The summed E-state index contributed by atoms with van der Waals surface area (Å²) in [5, 5.41) is 7.19. The molecule has 1 aromatic heterocycles. The maximum Gasteiger partial charge on any atom is 0.271 e. The number of sulfone groups is 1. The van der Waals surface area contributed by atoms with Gasteiger partial charge in [0.25, 0.3) is 5.91 Å². The second-order valence-electron chi connectivity index (χ2n) is 6.53. The fourth-order valence-electron chi connectivity index (χ4n) is 3.14. The second-order valence-corrected chi connectivity index (χ2v) is 8.76. The normalized spacial score (nSPS) is 18.6. The summed E-state index contributed by atoms with van der Waals surface area (Å²) in [6, 6.07) is 9.22. The van der Waals surface area contributed by atoms with Gasteiger partial charge in [-0.05, 0) is 43.5 Å². The van der Waals surface area contributed by atoms with Crippen LogP contribution in [0.25, 0.3) is 0 Å². The van der Waals surface area contributed by atoms with Gasteiger partial charge in [0.1, 0.15) is 11.4 Å². The fraction of sp³-hybridized carbons (Fsp3) is 0.444. The Morgan fingerprint density at radius 1 is 1.35 bits per heavy atom. The van der Waals surface area contributed by atoms with E-state index in [2.05, 4.69) is 10.4 Å². The van der Waals surface area contributed by atoms with Gasteiger partial charge in [0, 0.05) is 12.2 Å². The van der Waals surface area contributed by atoms with Gasteiger partial charge in [0.05, 0.1) is 24.7 Å². The minimum Gasteiger partial charge on any atom is -0.497 e. The average Bonchev–Trinajstić information content (AvgIpc) is 3.17. The standard InChI is InChI=1S/C18H23N3O4S/c1-13-11-17(20-21(13)15-8-10-26(23,24)12-15)18(22)19-9-7-14-3-5-16(25-2)6-4-14/h3-6,11,15H,7-10,12H2,1-2H3,(H,19,22). The number of benzene rings is 1. The van der Waals surface area contributed by atoms with E-state index in [-0.39, 0.29) is 23.5 Å². The van der Waals surface area contributed by atoms with Crippen LogP contribution in [0.5, 0.6) is 5.75 Å². The van der Waals surface area contributed by atoms with Crippen molar-refractivity contribution in [1.29, 1.82) is 0 Å². The highest BCUT2D eigenvalue weighted by Gasteiger charge is 2.31. The SMILES string of the molecule is COc1ccc(CCNC(=O)c2cc(C)n(C3CCS(=O)(=O)C3)n2)cc1. The highest BCUT2D eigenvalue weighted by molar-refractivity contribution is 7.91. The molecule has 1 atom stereocenters. The summed E-state index contributed by atoms with van der Waals surface area (Å²) in [7, 11) is -1.37. The molecule has 0 aliphatic carbocycles. The zero-order valence-electron chi connectivity index (χ0n) is 14.9. The second kappa shape index (κ2) is 7.49. The van der Waals surface area contributed by atoms with Crippen LogP contribution in [0.15, 0.2) is 30.3 Å². The first-order chi connectivity index (χ1) is 12.4. The maximum atomic E-state index is 12.3. The van der Waals surface area contributed by atoms with E-state index in [0.29, 0.717) is 25.1 Å². The van der Waals surface area contributed by atoms with E-state index in [0.717, 1.165) is 17.0 Å². The first-order valence-corrected chi connectivity index (χ1v) is 10.4. The molecule has 8 heteroatoms.